The summed E-state index contributed by atoms with van der Waals surface area (Å²) >= 11 is 5.59. The van der Waals surface area contributed by atoms with E-state index >= 15 is 0 Å². The SMILES string of the molecule is COc1ccc2[nH]c(=O)c(CN(CCN(C)C)C(=S)Nc3ccc(F)cc3)cc2c1. The molecule has 0 aliphatic carbocycles. The van der Waals surface area contributed by atoms with E-state index in [4.69, 9.17) is 17.0 Å². The highest BCUT2D eigenvalue weighted by Gasteiger charge is 2.14. The smallest absolute Gasteiger partial charge is 0.253 e. The number of benzene rings is 2. The zero-order valence-electron chi connectivity index (χ0n) is 17.2. The molecule has 0 spiro atoms. The Labute approximate surface area is 180 Å². The van der Waals surface area contributed by atoms with Crippen LogP contribution in [0.4, 0.5) is 10.1 Å². The summed E-state index contributed by atoms with van der Waals surface area (Å²) in [5.41, 5.74) is 1.87. The van der Waals surface area contributed by atoms with Crippen molar-refractivity contribution in [1.29, 1.82) is 0 Å². The van der Waals surface area contributed by atoms with Crippen LogP contribution in [0.1, 0.15) is 5.56 Å². The zero-order chi connectivity index (χ0) is 21.7. The van der Waals surface area contributed by atoms with E-state index in [2.05, 4.69) is 10.3 Å². The topological polar surface area (TPSA) is 60.6 Å². The minimum absolute atomic E-state index is 0.160. The van der Waals surface area contributed by atoms with Gasteiger partial charge in [0, 0.05) is 35.2 Å². The number of thiocarbonyl (C=S) groups is 1. The van der Waals surface area contributed by atoms with Gasteiger partial charge in [0.15, 0.2) is 5.11 Å². The number of anilines is 1. The van der Waals surface area contributed by atoms with Crippen molar-refractivity contribution in [2.45, 2.75) is 6.54 Å². The molecule has 1 heterocycles. The van der Waals surface area contributed by atoms with Crippen LogP contribution in [0.25, 0.3) is 10.9 Å². The number of rotatable bonds is 7. The lowest BCUT2D eigenvalue weighted by atomic mass is 10.1. The molecular formula is C22H25FN4O2S. The van der Waals surface area contributed by atoms with E-state index in [0.717, 1.165) is 23.2 Å². The Kier molecular flexibility index (Phi) is 7.02. The predicted molar refractivity (Wildman–Crippen MR) is 123 cm³/mol. The van der Waals surface area contributed by atoms with Crippen molar-refractivity contribution < 1.29 is 9.13 Å². The Morgan fingerprint density at radius 2 is 1.87 bits per heavy atom. The van der Waals surface area contributed by atoms with E-state index in [1.807, 2.05) is 48.2 Å². The summed E-state index contributed by atoms with van der Waals surface area (Å²) in [5, 5.41) is 4.48. The molecule has 0 saturated heterocycles. The lowest BCUT2D eigenvalue weighted by Crippen LogP contribution is -2.40. The number of aromatic amines is 1. The van der Waals surface area contributed by atoms with E-state index in [9.17, 15) is 9.18 Å². The van der Waals surface area contributed by atoms with Gasteiger partial charge in [0.25, 0.3) is 5.56 Å². The molecule has 30 heavy (non-hydrogen) atoms. The summed E-state index contributed by atoms with van der Waals surface area (Å²) in [6.45, 7) is 1.71. The van der Waals surface area contributed by atoms with Gasteiger partial charge in [-0.3, -0.25) is 4.79 Å². The molecule has 3 aromatic rings. The second-order valence-corrected chi connectivity index (χ2v) is 7.63. The third-order valence-corrected chi connectivity index (χ3v) is 5.05. The number of fused-ring (bicyclic) bond motifs is 1. The van der Waals surface area contributed by atoms with E-state index in [1.54, 1.807) is 19.2 Å². The molecule has 0 fully saturated rings. The monoisotopic (exact) mass is 428 g/mol. The molecule has 6 nitrogen and oxygen atoms in total. The average molecular weight is 429 g/mol. The third-order valence-electron chi connectivity index (χ3n) is 4.69. The first-order valence-corrected chi connectivity index (χ1v) is 9.92. The van der Waals surface area contributed by atoms with Crippen molar-refractivity contribution in [2.24, 2.45) is 0 Å². The Balaban J connectivity index is 1.86. The number of H-pyrrole nitrogens is 1. The highest BCUT2D eigenvalue weighted by atomic mass is 32.1. The number of likely N-dealkylation sites (N-methyl/N-ethyl adjacent to an activating group) is 1. The van der Waals surface area contributed by atoms with Gasteiger partial charge in [-0.25, -0.2) is 4.39 Å². The molecule has 2 N–H and O–H groups in total. The normalized spacial score (nSPS) is 11.0. The van der Waals surface area contributed by atoms with Gasteiger partial charge in [-0.2, -0.15) is 0 Å². The zero-order valence-corrected chi connectivity index (χ0v) is 18.1. The molecule has 0 aliphatic heterocycles. The van der Waals surface area contributed by atoms with E-state index < -0.39 is 0 Å². The van der Waals surface area contributed by atoms with Crippen molar-refractivity contribution in [3.63, 3.8) is 0 Å². The molecule has 1 aromatic heterocycles. The predicted octanol–water partition coefficient (Wildman–Crippen LogP) is 3.44. The molecule has 158 valence electrons. The first kappa shape index (κ1) is 21.7. The first-order valence-electron chi connectivity index (χ1n) is 9.52. The van der Waals surface area contributed by atoms with Gasteiger partial charge in [0.05, 0.1) is 13.7 Å². The van der Waals surface area contributed by atoms with Crippen molar-refractivity contribution >= 4 is 33.9 Å². The van der Waals surface area contributed by atoms with Crippen LogP contribution in [-0.4, -0.2) is 54.2 Å². The van der Waals surface area contributed by atoms with Gasteiger partial charge in [-0.05, 0) is 74.8 Å². The quantitative estimate of drug-likeness (QED) is 0.563. The highest BCUT2D eigenvalue weighted by Crippen LogP contribution is 2.19. The molecule has 8 heteroatoms. The number of hydrogen-bond acceptors (Lipinski definition) is 4. The fourth-order valence-corrected chi connectivity index (χ4v) is 3.26. The summed E-state index contributed by atoms with van der Waals surface area (Å²) in [4.78, 5) is 19.5. The van der Waals surface area contributed by atoms with Crippen LogP contribution in [0.3, 0.4) is 0 Å². The summed E-state index contributed by atoms with van der Waals surface area (Å²) in [6.07, 6.45) is 0. The van der Waals surface area contributed by atoms with Crippen molar-refractivity contribution in [3.8, 4) is 5.75 Å². The minimum Gasteiger partial charge on any atom is -0.497 e. The Hall–Kier alpha value is -2.97. The maximum Gasteiger partial charge on any atom is 0.253 e. The molecule has 0 unspecified atom stereocenters. The van der Waals surface area contributed by atoms with Gasteiger partial charge in [-0.15, -0.1) is 0 Å². The summed E-state index contributed by atoms with van der Waals surface area (Å²) in [6, 6.07) is 13.4. The maximum absolute atomic E-state index is 13.2. The number of methoxy groups -OCH3 is 1. The number of nitrogens with one attached hydrogen (secondary N) is 2. The fraction of sp³-hybridized carbons (Fsp3) is 0.273. The number of halogens is 1. The van der Waals surface area contributed by atoms with E-state index in [0.29, 0.717) is 29.5 Å². The Bertz CT molecular complexity index is 1080. The molecule has 2 aromatic carbocycles. The number of hydrogen-bond donors (Lipinski definition) is 2. The fourth-order valence-electron chi connectivity index (χ4n) is 2.99. The Morgan fingerprint density at radius 1 is 1.13 bits per heavy atom. The van der Waals surface area contributed by atoms with E-state index in [-0.39, 0.29) is 11.4 Å². The van der Waals surface area contributed by atoms with Crippen LogP contribution in [0.2, 0.25) is 0 Å². The van der Waals surface area contributed by atoms with Crippen molar-refractivity contribution in [1.82, 2.24) is 14.8 Å². The number of pyridine rings is 1. The van der Waals surface area contributed by atoms with Crippen LogP contribution in [0.5, 0.6) is 5.75 Å². The molecule has 0 saturated carbocycles. The number of aromatic nitrogens is 1. The molecule has 0 amide bonds. The molecule has 0 atom stereocenters. The van der Waals surface area contributed by atoms with Crippen LogP contribution in [0.15, 0.2) is 53.3 Å². The van der Waals surface area contributed by atoms with Crippen molar-refractivity contribution in [2.75, 3.05) is 39.6 Å². The molecule has 0 bridgehead atoms. The van der Waals surface area contributed by atoms with Crippen LogP contribution in [0, 0.1) is 5.82 Å². The lowest BCUT2D eigenvalue weighted by molar-refractivity contribution is 0.327. The minimum atomic E-state index is -0.311. The van der Waals surface area contributed by atoms with Gasteiger partial charge in [-0.1, -0.05) is 0 Å². The molecular weight excluding hydrogens is 403 g/mol. The largest absolute Gasteiger partial charge is 0.497 e. The van der Waals surface area contributed by atoms with Gasteiger partial charge in [0.2, 0.25) is 0 Å². The second-order valence-electron chi connectivity index (χ2n) is 7.24. The highest BCUT2D eigenvalue weighted by molar-refractivity contribution is 7.80. The average Bonchev–Trinajstić information content (AvgIpc) is 2.72. The van der Waals surface area contributed by atoms with Gasteiger partial charge < -0.3 is 24.8 Å². The maximum atomic E-state index is 13.2. The number of nitrogens with zero attached hydrogens (tertiary/aromatic N) is 2. The van der Waals surface area contributed by atoms with Crippen LogP contribution in [-0.2, 0) is 6.54 Å². The second kappa shape index (κ2) is 9.69. The summed E-state index contributed by atoms with van der Waals surface area (Å²) < 4.78 is 18.5. The summed E-state index contributed by atoms with van der Waals surface area (Å²) in [7, 11) is 5.56. The molecule has 3 rings (SSSR count). The van der Waals surface area contributed by atoms with Crippen LogP contribution >= 0.6 is 12.2 Å². The first-order chi connectivity index (χ1) is 14.4. The van der Waals surface area contributed by atoms with Crippen molar-refractivity contribution in [3.05, 3.63) is 70.3 Å². The lowest BCUT2D eigenvalue weighted by Gasteiger charge is -2.27. The molecule has 0 radical (unpaired) electrons. The van der Waals surface area contributed by atoms with Gasteiger partial charge >= 0.3 is 0 Å². The summed E-state index contributed by atoms with van der Waals surface area (Å²) in [5.74, 6) is 0.410. The number of ether oxygens (including phenoxy) is 1. The third kappa shape index (κ3) is 5.55. The Morgan fingerprint density at radius 3 is 2.53 bits per heavy atom. The van der Waals surface area contributed by atoms with Crippen LogP contribution < -0.4 is 15.6 Å². The van der Waals surface area contributed by atoms with Gasteiger partial charge in [0.1, 0.15) is 11.6 Å². The standard InChI is InChI=1S/C22H25FN4O2S/c1-26(2)10-11-27(22(30)24-18-6-4-17(23)5-7-18)14-16-12-15-13-19(29-3)8-9-20(15)25-21(16)28/h4-9,12-13H,10-11,14H2,1-3H3,(H,24,30)(H,25,28). The molecule has 0 aliphatic rings. The van der Waals surface area contributed by atoms with E-state index in [1.165, 1.54) is 12.1 Å².